The Balaban J connectivity index is 0.00000117. The Kier molecular flexibility index (Phi) is 7.07. The Labute approximate surface area is 155 Å². The van der Waals surface area contributed by atoms with E-state index in [0.29, 0.717) is 22.6 Å². The highest BCUT2D eigenvalue weighted by Crippen LogP contribution is 2.33. The standard InChI is InChI=1S/C21H18O3.HOP/c1-23-18-13-8-14-19(24-2)20(18)21(22)17-12-7-6-11-16(17)15-9-4-3-5-10-15;1-2/h3-14H,1-2H3;2H. The van der Waals surface area contributed by atoms with Crippen molar-refractivity contribution in [1.29, 1.82) is 0 Å². The molecule has 0 amide bonds. The molecule has 0 bridgehead atoms. The molecule has 0 aliphatic rings. The van der Waals surface area contributed by atoms with Crippen LogP contribution in [0.3, 0.4) is 0 Å². The van der Waals surface area contributed by atoms with E-state index in [4.69, 9.17) is 14.0 Å². The minimum absolute atomic E-state index is 0.122. The van der Waals surface area contributed by atoms with Crippen LogP contribution >= 0.6 is 9.12 Å². The molecule has 0 heterocycles. The van der Waals surface area contributed by atoms with Gasteiger partial charge in [-0.15, -0.1) is 0 Å². The Morgan fingerprint density at radius 2 is 1.27 bits per heavy atom. The van der Waals surface area contributed by atoms with E-state index < -0.39 is 0 Å². The molecule has 3 aromatic rings. The van der Waals surface area contributed by atoms with Crippen LogP contribution in [0, 0.1) is 0 Å². The monoisotopic (exact) mass is 366 g/mol. The van der Waals surface area contributed by atoms with Crippen molar-refractivity contribution in [2.24, 2.45) is 0 Å². The van der Waals surface area contributed by atoms with Crippen LogP contribution < -0.4 is 9.47 Å². The van der Waals surface area contributed by atoms with Gasteiger partial charge in [-0.2, -0.15) is 0 Å². The van der Waals surface area contributed by atoms with E-state index in [1.54, 1.807) is 41.5 Å². The first kappa shape index (κ1) is 19.4. The van der Waals surface area contributed by atoms with Gasteiger partial charge < -0.3 is 9.47 Å². The van der Waals surface area contributed by atoms with Gasteiger partial charge in [-0.3, -0.25) is 9.36 Å². The highest BCUT2D eigenvalue weighted by Gasteiger charge is 2.22. The molecule has 3 aromatic carbocycles. The molecular weight excluding hydrogens is 347 g/mol. The van der Waals surface area contributed by atoms with Crippen molar-refractivity contribution in [2.45, 2.75) is 0 Å². The van der Waals surface area contributed by atoms with Crippen LogP contribution in [0.4, 0.5) is 0 Å². The van der Waals surface area contributed by atoms with Crippen LogP contribution in [0.15, 0.2) is 72.8 Å². The highest BCUT2D eigenvalue weighted by molar-refractivity contribution is 7.00. The number of carbonyl (C=O) groups is 1. The van der Waals surface area contributed by atoms with Crippen LogP contribution in [0.1, 0.15) is 15.9 Å². The maximum atomic E-state index is 13.2. The maximum absolute atomic E-state index is 13.2. The number of hydrogen-bond acceptors (Lipinski definition) is 4. The molecule has 0 spiro atoms. The highest BCUT2D eigenvalue weighted by atomic mass is 31.0. The van der Waals surface area contributed by atoms with E-state index in [2.05, 4.69) is 0 Å². The van der Waals surface area contributed by atoms with Crippen molar-refractivity contribution < 1.29 is 18.8 Å². The van der Waals surface area contributed by atoms with Gasteiger partial charge >= 0.3 is 0 Å². The quantitative estimate of drug-likeness (QED) is 0.467. The lowest BCUT2D eigenvalue weighted by Crippen LogP contribution is -2.08. The molecular formula is C21H19O4P. The minimum atomic E-state index is -0.122. The van der Waals surface area contributed by atoms with E-state index in [0.717, 1.165) is 11.1 Å². The van der Waals surface area contributed by atoms with Gasteiger partial charge in [-0.25, -0.2) is 0 Å². The third kappa shape index (κ3) is 3.98. The zero-order chi connectivity index (χ0) is 18.9. The zero-order valence-corrected chi connectivity index (χ0v) is 15.6. The summed E-state index contributed by atoms with van der Waals surface area (Å²) in [5, 5.41) is 0. The van der Waals surface area contributed by atoms with E-state index >= 15 is 0 Å². The van der Waals surface area contributed by atoms with Gasteiger partial charge in [0.1, 0.15) is 26.2 Å². The summed E-state index contributed by atoms with van der Waals surface area (Å²) >= 11 is 0. The number of ketones is 1. The van der Waals surface area contributed by atoms with Crippen LogP contribution in [-0.4, -0.2) is 20.0 Å². The maximum Gasteiger partial charge on any atom is 0.201 e. The van der Waals surface area contributed by atoms with E-state index in [1.807, 2.05) is 54.6 Å². The number of rotatable bonds is 5. The molecule has 0 fully saturated rings. The second-order valence-corrected chi connectivity index (χ2v) is 5.28. The fourth-order valence-electron chi connectivity index (χ4n) is 2.76. The molecule has 0 atom stereocenters. The third-order valence-electron chi connectivity index (χ3n) is 3.91. The fourth-order valence-corrected chi connectivity index (χ4v) is 2.76. The summed E-state index contributed by atoms with van der Waals surface area (Å²) in [6, 6.07) is 22.8. The lowest BCUT2D eigenvalue weighted by molar-refractivity contribution is 0.103. The SMILES string of the molecule is COc1cccc(OC)c1C(=O)c1ccccc1-c1ccccc1.O=P. The van der Waals surface area contributed by atoms with E-state index in [9.17, 15) is 4.79 Å². The Hall–Kier alpha value is -2.97. The molecule has 0 aromatic heterocycles. The number of carbonyl (C=O) groups excluding carboxylic acids is 1. The van der Waals surface area contributed by atoms with E-state index in [-0.39, 0.29) is 5.78 Å². The molecule has 4 nitrogen and oxygen atoms in total. The smallest absolute Gasteiger partial charge is 0.201 e. The Bertz CT molecular complexity index is 856. The molecule has 0 aliphatic carbocycles. The number of benzene rings is 3. The Morgan fingerprint density at radius 1 is 0.731 bits per heavy atom. The van der Waals surface area contributed by atoms with Gasteiger partial charge in [0, 0.05) is 5.56 Å². The van der Waals surface area contributed by atoms with Crippen molar-refractivity contribution in [3.05, 3.63) is 83.9 Å². The van der Waals surface area contributed by atoms with Gasteiger partial charge in [0.2, 0.25) is 5.78 Å². The lowest BCUT2D eigenvalue weighted by atomic mass is 9.93. The second kappa shape index (κ2) is 9.50. The van der Waals surface area contributed by atoms with Gasteiger partial charge in [0.05, 0.1) is 14.2 Å². The topological polar surface area (TPSA) is 52.6 Å². The predicted molar refractivity (Wildman–Crippen MR) is 104 cm³/mol. The van der Waals surface area contributed by atoms with Crippen molar-refractivity contribution in [3.8, 4) is 22.6 Å². The molecule has 5 heteroatoms. The van der Waals surface area contributed by atoms with Crippen molar-refractivity contribution in [2.75, 3.05) is 14.2 Å². The lowest BCUT2D eigenvalue weighted by Gasteiger charge is -2.14. The summed E-state index contributed by atoms with van der Waals surface area (Å²) < 4.78 is 18.8. The molecule has 0 radical (unpaired) electrons. The van der Waals surface area contributed by atoms with Gasteiger partial charge in [0.25, 0.3) is 0 Å². The van der Waals surface area contributed by atoms with Crippen molar-refractivity contribution in [1.82, 2.24) is 0 Å². The number of methoxy groups -OCH3 is 2. The van der Waals surface area contributed by atoms with E-state index in [1.165, 1.54) is 0 Å². The summed E-state index contributed by atoms with van der Waals surface area (Å²) in [5.41, 5.74) is 2.93. The molecule has 0 saturated carbocycles. The fraction of sp³-hybridized carbons (Fsp3) is 0.0952. The number of ether oxygens (including phenoxy) is 2. The van der Waals surface area contributed by atoms with Crippen LogP contribution in [0.25, 0.3) is 11.1 Å². The zero-order valence-electron chi connectivity index (χ0n) is 14.6. The third-order valence-corrected chi connectivity index (χ3v) is 3.91. The average molecular weight is 366 g/mol. The Morgan fingerprint density at radius 3 is 1.85 bits per heavy atom. The normalized spacial score (nSPS) is 9.62. The van der Waals surface area contributed by atoms with Crippen LogP contribution in [0.2, 0.25) is 0 Å². The minimum Gasteiger partial charge on any atom is -0.496 e. The average Bonchev–Trinajstić information content (AvgIpc) is 2.74. The summed E-state index contributed by atoms with van der Waals surface area (Å²) in [6.07, 6.45) is 0. The number of hydrogen-bond donors (Lipinski definition) is 0. The predicted octanol–water partition coefficient (Wildman–Crippen LogP) is 5.08. The molecule has 0 saturated heterocycles. The first-order valence-electron chi connectivity index (χ1n) is 7.87. The molecule has 0 aliphatic heterocycles. The van der Waals surface area contributed by atoms with Gasteiger partial charge in [0.15, 0.2) is 0 Å². The summed E-state index contributed by atoms with van der Waals surface area (Å²) in [7, 11) is 4.82. The largest absolute Gasteiger partial charge is 0.496 e. The first-order chi connectivity index (χ1) is 12.8. The summed E-state index contributed by atoms with van der Waals surface area (Å²) in [5.74, 6) is 0.883. The van der Waals surface area contributed by atoms with Crippen LogP contribution in [0.5, 0.6) is 11.5 Å². The first-order valence-corrected chi connectivity index (χ1v) is 8.27. The summed E-state index contributed by atoms with van der Waals surface area (Å²) in [6.45, 7) is 0. The van der Waals surface area contributed by atoms with Crippen molar-refractivity contribution in [3.63, 3.8) is 0 Å². The van der Waals surface area contributed by atoms with Crippen LogP contribution in [-0.2, 0) is 4.57 Å². The molecule has 0 N–H and O–H groups in total. The molecule has 0 unspecified atom stereocenters. The van der Waals surface area contributed by atoms with Crippen molar-refractivity contribution >= 4 is 14.9 Å². The van der Waals surface area contributed by atoms with Gasteiger partial charge in [-0.05, 0) is 23.3 Å². The molecule has 3 rings (SSSR count). The summed E-state index contributed by atoms with van der Waals surface area (Å²) in [4.78, 5) is 13.2. The molecule has 26 heavy (non-hydrogen) atoms. The molecule has 132 valence electrons. The van der Waals surface area contributed by atoms with Gasteiger partial charge in [-0.1, -0.05) is 60.7 Å². The second-order valence-electron chi connectivity index (χ2n) is 5.28.